The Morgan fingerprint density at radius 1 is 1.15 bits per heavy atom. The Morgan fingerprint density at radius 2 is 1.75 bits per heavy atom. The Bertz CT molecular complexity index is 551. The van der Waals surface area contributed by atoms with E-state index in [1.807, 2.05) is 13.8 Å². The zero-order chi connectivity index (χ0) is 15.2. The van der Waals surface area contributed by atoms with Gasteiger partial charge in [-0.15, -0.1) is 0 Å². The van der Waals surface area contributed by atoms with E-state index in [1.54, 1.807) is 36.1 Å². The quantitative estimate of drug-likeness (QED) is 0.833. The van der Waals surface area contributed by atoms with Crippen molar-refractivity contribution >= 4 is 21.4 Å². The molecule has 0 radical (unpaired) electrons. The first kappa shape index (κ1) is 16.5. The van der Waals surface area contributed by atoms with Gasteiger partial charge >= 0.3 is 0 Å². The summed E-state index contributed by atoms with van der Waals surface area (Å²) in [6, 6.07) is 6.67. The van der Waals surface area contributed by atoms with Crippen molar-refractivity contribution in [2.45, 2.75) is 25.7 Å². The van der Waals surface area contributed by atoms with Gasteiger partial charge in [-0.25, -0.2) is 8.42 Å². The number of sulfone groups is 1. The fourth-order valence-corrected chi connectivity index (χ4v) is 2.97. The molecule has 0 saturated heterocycles. The third kappa shape index (κ3) is 3.96. The monoisotopic (exact) mass is 298 g/mol. The van der Waals surface area contributed by atoms with Crippen LogP contribution in [0.4, 0.5) is 5.69 Å². The van der Waals surface area contributed by atoms with E-state index >= 15 is 0 Å². The van der Waals surface area contributed by atoms with Crippen molar-refractivity contribution in [1.29, 1.82) is 0 Å². The Kier molecular flexibility index (Phi) is 6.01. The second-order valence-corrected chi connectivity index (χ2v) is 6.57. The molecule has 1 N–H and O–H groups in total. The zero-order valence-corrected chi connectivity index (χ0v) is 13.0. The number of amides is 1. The van der Waals surface area contributed by atoms with Gasteiger partial charge in [0.15, 0.2) is 9.84 Å². The molecule has 1 amide bonds. The standard InChI is InChI=1S/C14H22N2O3S/c1-4-16(5-2)14(17)11-15-12-9-7-8-10-13(12)20(18,19)6-3/h7-10,15H,4-6,11H2,1-3H3. The highest BCUT2D eigenvalue weighted by Gasteiger charge is 2.17. The molecular formula is C14H22N2O3S. The number of nitrogens with zero attached hydrogens (tertiary/aromatic N) is 1. The number of benzene rings is 1. The highest BCUT2D eigenvalue weighted by Crippen LogP contribution is 2.21. The highest BCUT2D eigenvalue weighted by molar-refractivity contribution is 7.91. The molecule has 0 aliphatic carbocycles. The molecule has 0 saturated carbocycles. The van der Waals surface area contributed by atoms with Gasteiger partial charge in [-0.3, -0.25) is 4.79 Å². The molecule has 20 heavy (non-hydrogen) atoms. The maximum absolute atomic E-state index is 12.0. The van der Waals surface area contributed by atoms with Crippen molar-refractivity contribution in [3.63, 3.8) is 0 Å². The predicted molar refractivity (Wildman–Crippen MR) is 80.6 cm³/mol. The van der Waals surface area contributed by atoms with Crippen LogP contribution >= 0.6 is 0 Å². The van der Waals surface area contributed by atoms with E-state index in [0.29, 0.717) is 18.8 Å². The average Bonchev–Trinajstić information content (AvgIpc) is 2.46. The van der Waals surface area contributed by atoms with Gasteiger partial charge in [-0.1, -0.05) is 19.1 Å². The Balaban J connectivity index is 2.87. The second kappa shape index (κ2) is 7.28. The van der Waals surface area contributed by atoms with Gasteiger partial charge in [0.05, 0.1) is 22.9 Å². The lowest BCUT2D eigenvalue weighted by molar-refractivity contribution is -0.128. The molecule has 0 fully saturated rings. The number of carbonyl (C=O) groups is 1. The van der Waals surface area contributed by atoms with E-state index in [1.165, 1.54) is 0 Å². The number of hydrogen-bond donors (Lipinski definition) is 1. The van der Waals surface area contributed by atoms with Crippen LogP contribution in [-0.4, -0.2) is 44.6 Å². The van der Waals surface area contributed by atoms with E-state index in [4.69, 9.17) is 0 Å². The number of rotatable bonds is 7. The molecule has 5 nitrogen and oxygen atoms in total. The minimum Gasteiger partial charge on any atom is -0.375 e. The second-order valence-electron chi connectivity index (χ2n) is 4.32. The highest BCUT2D eigenvalue weighted by atomic mass is 32.2. The molecule has 1 rings (SSSR count). The van der Waals surface area contributed by atoms with Crippen LogP contribution in [0.5, 0.6) is 0 Å². The number of carbonyl (C=O) groups excluding carboxylic acids is 1. The van der Waals surface area contributed by atoms with Crippen LogP contribution in [0, 0.1) is 0 Å². The largest absolute Gasteiger partial charge is 0.375 e. The Morgan fingerprint density at radius 3 is 2.30 bits per heavy atom. The fourth-order valence-electron chi connectivity index (χ4n) is 1.90. The number of para-hydroxylation sites is 1. The summed E-state index contributed by atoms with van der Waals surface area (Å²) < 4.78 is 24.0. The molecule has 0 bridgehead atoms. The van der Waals surface area contributed by atoms with E-state index in [2.05, 4.69) is 5.32 Å². The van der Waals surface area contributed by atoms with Gasteiger partial charge in [-0.05, 0) is 26.0 Å². The molecule has 0 heterocycles. The Hall–Kier alpha value is -1.56. The minimum atomic E-state index is -3.30. The summed E-state index contributed by atoms with van der Waals surface area (Å²) >= 11 is 0. The fraction of sp³-hybridized carbons (Fsp3) is 0.500. The summed E-state index contributed by atoms with van der Waals surface area (Å²) in [6.45, 7) is 6.82. The number of hydrogen-bond acceptors (Lipinski definition) is 4. The predicted octanol–water partition coefficient (Wildman–Crippen LogP) is 1.76. The van der Waals surface area contributed by atoms with Gasteiger partial charge in [0.2, 0.25) is 5.91 Å². The third-order valence-electron chi connectivity index (χ3n) is 3.15. The summed E-state index contributed by atoms with van der Waals surface area (Å²) in [5.74, 6) is -0.00549. The van der Waals surface area contributed by atoms with Crippen LogP contribution in [0.2, 0.25) is 0 Å². The average molecular weight is 298 g/mol. The van der Waals surface area contributed by atoms with Crippen molar-refractivity contribution in [3.05, 3.63) is 24.3 Å². The van der Waals surface area contributed by atoms with Gasteiger partial charge in [-0.2, -0.15) is 0 Å². The molecule has 6 heteroatoms. The zero-order valence-electron chi connectivity index (χ0n) is 12.2. The van der Waals surface area contributed by atoms with E-state index < -0.39 is 9.84 Å². The van der Waals surface area contributed by atoms with Crippen molar-refractivity contribution < 1.29 is 13.2 Å². The molecule has 0 aliphatic rings. The molecule has 0 atom stereocenters. The van der Waals surface area contributed by atoms with Gasteiger partial charge in [0, 0.05) is 13.1 Å². The summed E-state index contributed by atoms with van der Waals surface area (Å²) in [4.78, 5) is 13.9. The topological polar surface area (TPSA) is 66.5 Å². The van der Waals surface area contributed by atoms with Crippen molar-refractivity contribution in [1.82, 2.24) is 4.90 Å². The molecule has 0 unspecified atom stereocenters. The van der Waals surface area contributed by atoms with Crippen LogP contribution < -0.4 is 5.32 Å². The SMILES string of the molecule is CCN(CC)C(=O)CNc1ccccc1S(=O)(=O)CC. The smallest absolute Gasteiger partial charge is 0.241 e. The normalized spacial score (nSPS) is 11.2. The van der Waals surface area contributed by atoms with Gasteiger partial charge < -0.3 is 10.2 Å². The third-order valence-corrected chi connectivity index (χ3v) is 4.93. The first-order chi connectivity index (χ1) is 9.46. The molecule has 1 aromatic carbocycles. The van der Waals surface area contributed by atoms with Gasteiger partial charge in [0.25, 0.3) is 0 Å². The molecule has 1 aromatic rings. The van der Waals surface area contributed by atoms with E-state index in [0.717, 1.165) is 0 Å². The van der Waals surface area contributed by atoms with Crippen molar-refractivity contribution in [2.75, 3.05) is 30.7 Å². The molecule has 0 aliphatic heterocycles. The van der Waals surface area contributed by atoms with Crippen LogP contribution in [0.15, 0.2) is 29.2 Å². The van der Waals surface area contributed by atoms with Crippen LogP contribution in [0.1, 0.15) is 20.8 Å². The lowest BCUT2D eigenvalue weighted by Gasteiger charge is -2.19. The summed E-state index contributed by atoms with van der Waals surface area (Å²) in [5, 5.41) is 2.93. The summed E-state index contributed by atoms with van der Waals surface area (Å²) in [7, 11) is -3.30. The first-order valence-corrected chi connectivity index (χ1v) is 8.44. The van der Waals surface area contributed by atoms with Crippen LogP contribution in [0.25, 0.3) is 0 Å². The summed E-state index contributed by atoms with van der Waals surface area (Å²) in [5.41, 5.74) is 0.481. The van der Waals surface area contributed by atoms with E-state index in [-0.39, 0.29) is 23.1 Å². The lowest BCUT2D eigenvalue weighted by atomic mass is 10.3. The maximum atomic E-state index is 12.0. The van der Waals surface area contributed by atoms with E-state index in [9.17, 15) is 13.2 Å². The molecular weight excluding hydrogens is 276 g/mol. The molecule has 0 aromatic heterocycles. The van der Waals surface area contributed by atoms with Crippen LogP contribution in [0.3, 0.4) is 0 Å². The number of anilines is 1. The van der Waals surface area contributed by atoms with Crippen molar-refractivity contribution in [3.8, 4) is 0 Å². The first-order valence-electron chi connectivity index (χ1n) is 6.79. The van der Waals surface area contributed by atoms with Crippen molar-refractivity contribution in [2.24, 2.45) is 0 Å². The molecule has 112 valence electrons. The molecule has 0 spiro atoms. The van der Waals surface area contributed by atoms with Crippen LogP contribution in [-0.2, 0) is 14.6 Å². The number of likely N-dealkylation sites (N-methyl/N-ethyl adjacent to an activating group) is 1. The number of nitrogens with one attached hydrogen (secondary N) is 1. The minimum absolute atomic E-state index is 0.0374. The lowest BCUT2D eigenvalue weighted by Crippen LogP contribution is -2.35. The summed E-state index contributed by atoms with van der Waals surface area (Å²) in [6.07, 6.45) is 0. The maximum Gasteiger partial charge on any atom is 0.241 e. The van der Waals surface area contributed by atoms with Gasteiger partial charge in [0.1, 0.15) is 0 Å². The Labute approximate surface area is 120 Å².